The predicted molar refractivity (Wildman–Crippen MR) is 82.7 cm³/mol. The van der Waals surface area contributed by atoms with Gasteiger partial charge in [0.1, 0.15) is 0 Å². The van der Waals surface area contributed by atoms with Crippen LogP contribution in [0.1, 0.15) is 39.2 Å². The lowest BCUT2D eigenvalue weighted by atomic mass is 9.82. The largest absolute Gasteiger partial charge is 0.340 e. The summed E-state index contributed by atoms with van der Waals surface area (Å²) in [5, 5.41) is 3.47. The van der Waals surface area contributed by atoms with Gasteiger partial charge in [0.2, 0.25) is 5.91 Å². The number of nitrogens with one attached hydrogen (secondary N) is 1. The standard InChI is InChI=1S/C17H26N2O/c1-4-18-15-11-8-12-19(13-15)16(20)17(2,3)14-9-6-5-7-10-14/h5-7,9-10,15,18H,4,8,11-13H2,1-3H3. The summed E-state index contributed by atoms with van der Waals surface area (Å²) >= 11 is 0. The van der Waals surface area contributed by atoms with Crippen LogP contribution in [-0.2, 0) is 10.2 Å². The number of hydrogen-bond acceptors (Lipinski definition) is 2. The number of amides is 1. The first-order valence-corrected chi connectivity index (χ1v) is 7.64. The minimum Gasteiger partial charge on any atom is -0.340 e. The molecule has 1 aliphatic rings. The maximum atomic E-state index is 12.9. The van der Waals surface area contributed by atoms with Crippen molar-refractivity contribution in [1.29, 1.82) is 0 Å². The van der Waals surface area contributed by atoms with Gasteiger partial charge in [0, 0.05) is 19.1 Å². The molecule has 0 aromatic heterocycles. The fraction of sp³-hybridized carbons (Fsp3) is 0.588. The molecule has 1 aromatic rings. The molecule has 1 heterocycles. The van der Waals surface area contributed by atoms with Crippen molar-refractivity contribution in [2.45, 2.75) is 45.1 Å². The highest BCUT2D eigenvalue weighted by atomic mass is 16.2. The van der Waals surface area contributed by atoms with E-state index in [0.717, 1.165) is 31.6 Å². The fourth-order valence-corrected chi connectivity index (χ4v) is 2.99. The van der Waals surface area contributed by atoms with Crippen molar-refractivity contribution < 1.29 is 4.79 Å². The summed E-state index contributed by atoms with van der Waals surface area (Å²) in [6.07, 6.45) is 2.26. The second-order valence-corrected chi connectivity index (χ2v) is 6.14. The number of rotatable bonds is 4. The zero-order valence-corrected chi connectivity index (χ0v) is 12.9. The highest BCUT2D eigenvalue weighted by Crippen LogP contribution is 2.27. The number of nitrogens with zero attached hydrogens (tertiary/aromatic N) is 1. The van der Waals surface area contributed by atoms with Crippen molar-refractivity contribution in [2.75, 3.05) is 19.6 Å². The number of carbonyl (C=O) groups is 1. The molecule has 0 radical (unpaired) electrons. The summed E-state index contributed by atoms with van der Waals surface area (Å²) in [4.78, 5) is 14.9. The first-order chi connectivity index (χ1) is 9.55. The topological polar surface area (TPSA) is 32.3 Å². The van der Waals surface area contributed by atoms with Gasteiger partial charge in [-0.15, -0.1) is 0 Å². The zero-order valence-electron chi connectivity index (χ0n) is 12.9. The third-order valence-corrected chi connectivity index (χ3v) is 4.23. The van der Waals surface area contributed by atoms with Gasteiger partial charge in [-0.2, -0.15) is 0 Å². The van der Waals surface area contributed by atoms with Crippen molar-refractivity contribution in [2.24, 2.45) is 0 Å². The summed E-state index contributed by atoms with van der Waals surface area (Å²) < 4.78 is 0. The molecular weight excluding hydrogens is 248 g/mol. The molecule has 3 heteroatoms. The van der Waals surface area contributed by atoms with Crippen molar-refractivity contribution >= 4 is 5.91 Å². The van der Waals surface area contributed by atoms with Crippen LogP contribution >= 0.6 is 0 Å². The van der Waals surface area contributed by atoms with E-state index >= 15 is 0 Å². The molecule has 1 amide bonds. The molecule has 1 aliphatic heterocycles. The zero-order chi connectivity index (χ0) is 14.6. The number of likely N-dealkylation sites (tertiary alicyclic amines) is 1. The Morgan fingerprint density at radius 2 is 2.05 bits per heavy atom. The fourth-order valence-electron chi connectivity index (χ4n) is 2.99. The molecule has 0 bridgehead atoms. The van der Waals surface area contributed by atoms with Gasteiger partial charge in [-0.1, -0.05) is 37.3 Å². The molecule has 1 unspecified atom stereocenters. The second-order valence-electron chi connectivity index (χ2n) is 6.14. The minimum atomic E-state index is -0.449. The van der Waals surface area contributed by atoms with Crippen molar-refractivity contribution in [3.63, 3.8) is 0 Å². The van der Waals surface area contributed by atoms with Gasteiger partial charge in [0.05, 0.1) is 5.41 Å². The Morgan fingerprint density at radius 3 is 2.70 bits per heavy atom. The van der Waals surface area contributed by atoms with E-state index in [1.54, 1.807) is 0 Å². The lowest BCUT2D eigenvalue weighted by Gasteiger charge is -2.38. The van der Waals surface area contributed by atoms with Gasteiger partial charge in [-0.3, -0.25) is 4.79 Å². The smallest absolute Gasteiger partial charge is 0.232 e. The Morgan fingerprint density at radius 1 is 1.35 bits per heavy atom. The SMILES string of the molecule is CCNC1CCCN(C(=O)C(C)(C)c2ccccc2)C1. The second kappa shape index (κ2) is 6.40. The lowest BCUT2D eigenvalue weighted by Crippen LogP contribution is -2.52. The third kappa shape index (κ3) is 3.21. The molecule has 0 aliphatic carbocycles. The normalized spacial score (nSPS) is 19.9. The Kier molecular flexibility index (Phi) is 4.81. The van der Waals surface area contributed by atoms with E-state index in [9.17, 15) is 4.79 Å². The minimum absolute atomic E-state index is 0.242. The van der Waals surface area contributed by atoms with Crippen LogP contribution in [0.5, 0.6) is 0 Å². The number of piperidine rings is 1. The number of carbonyl (C=O) groups excluding carboxylic acids is 1. The van der Waals surface area contributed by atoms with E-state index in [1.807, 2.05) is 49.1 Å². The highest BCUT2D eigenvalue weighted by Gasteiger charge is 2.35. The summed E-state index contributed by atoms with van der Waals surface area (Å²) in [7, 11) is 0. The van der Waals surface area contributed by atoms with Crippen LogP contribution < -0.4 is 5.32 Å². The summed E-state index contributed by atoms with van der Waals surface area (Å²) in [6.45, 7) is 8.87. The third-order valence-electron chi connectivity index (χ3n) is 4.23. The van der Waals surface area contributed by atoms with Crippen molar-refractivity contribution in [1.82, 2.24) is 10.2 Å². The molecule has 0 saturated carbocycles. The Balaban J connectivity index is 2.10. The molecular formula is C17H26N2O. The van der Waals surface area contributed by atoms with E-state index < -0.39 is 5.41 Å². The van der Waals surface area contributed by atoms with Crippen LogP contribution in [-0.4, -0.2) is 36.5 Å². The number of benzene rings is 1. The summed E-state index contributed by atoms with van der Waals surface area (Å²) in [6, 6.07) is 10.5. The van der Waals surface area contributed by atoms with Crippen LogP contribution in [0.3, 0.4) is 0 Å². The van der Waals surface area contributed by atoms with E-state index in [-0.39, 0.29) is 5.91 Å². The molecule has 110 valence electrons. The van der Waals surface area contributed by atoms with Crippen molar-refractivity contribution in [3.8, 4) is 0 Å². The van der Waals surface area contributed by atoms with Gasteiger partial charge in [-0.25, -0.2) is 0 Å². The molecule has 2 rings (SSSR count). The quantitative estimate of drug-likeness (QED) is 0.915. The van der Waals surface area contributed by atoms with Crippen LogP contribution in [0.15, 0.2) is 30.3 Å². The van der Waals surface area contributed by atoms with Crippen molar-refractivity contribution in [3.05, 3.63) is 35.9 Å². The molecule has 1 fully saturated rings. The molecule has 20 heavy (non-hydrogen) atoms. The first-order valence-electron chi connectivity index (χ1n) is 7.64. The average molecular weight is 274 g/mol. The van der Waals surface area contributed by atoms with E-state index in [4.69, 9.17) is 0 Å². The maximum absolute atomic E-state index is 12.9. The van der Waals surface area contributed by atoms with Gasteiger partial charge < -0.3 is 10.2 Å². The summed E-state index contributed by atoms with van der Waals surface area (Å²) in [5.41, 5.74) is 0.644. The predicted octanol–water partition coefficient (Wildman–Crippen LogP) is 2.56. The monoisotopic (exact) mass is 274 g/mol. The summed E-state index contributed by atoms with van der Waals surface area (Å²) in [5.74, 6) is 0.242. The van der Waals surface area contributed by atoms with Gasteiger partial charge in [-0.05, 0) is 38.8 Å². The van der Waals surface area contributed by atoms with Crippen LogP contribution in [0.25, 0.3) is 0 Å². The Labute approximate surface area is 122 Å². The van der Waals surface area contributed by atoms with Gasteiger partial charge in [0.15, 0.2) is 0 Å². The van der Waals surface area contributed by atoms with Crippen LogP contribution in [0.2, 0.25) is 0 Å². The molecule has 1 atom stereocenters. The lowest BCUT2D eigenvalue weighted by molar-refractivity contribution is -0.137. The first kappa shape index (κ1) is 15.0. The highest BCUT2D eigenvalue weighted by molar-refractivity contribution is 5.87. The molecule has 1 N–H and O–H groups in total. The van der Waals surface area contributed by atoms with Gasteiger partial charge in [0.25, 0.3) is 0 Å². The number of likely N-dealkylation sites (N-methyl/N-ethyl adjacent to an activating group) is 1. The maximum Gasteiger partial charge on any atom is 0.232 e. The molecule has 1 saturated heterocycles. The molecule has 1 aromatic carbocycles. The average Bonchev–Trinajstić information content (AvgIpc) is 2.48. The Hall–Kier alpha value is -1.35. The Bertz CT molecular complexity index is 440. The molecule has 3 nitrogen and oxygen atoms in total. The van der Waals surface area contributed by atoms with Crippen LogP contribution in [0, 0.1) is 0 Å². The molecule has 0 spiro atoms. The van der Waals surface area contributed by atoms with E-state index in [0.29, 0.717) is 6.04 Å². The van der Waals surface area contributed by atoms with Gasteiger partial charge >= 0.3 is 0 Å². The van der Waals surface area contributed by atoms with E-state index in [2.05, 4.69) is 12.2 Å². The number of hydrogen-bond donors (Lipinski definition) is 1. The van der Waals surface area contributed by atoms with E-state index in [1.165, 1.54) is 6.42 Å². The van der Waals surface area contributed by atoms with Crippen LogP contribution in [0.4, 0.5) is 0 Å².